The Morgan fingerprint density at radius 2 is 1.44 bits per heavy atom. The number of nitrogens with one attached hydrogen (secondary N) is 2. The second-order valence-electron chi connectivity index (χ2n) is 8.86. The Labute approximate surface area is 169 Å². The molecular formula is C20H37ClN4O2. The van der Waals surface area contributed by atoms with Crippen molar-refractivity contribution in [3.8, 4) is 0 Å². The lowest BCUT2D eigenvalue weighted by Crippen LogP contribution is -2.56. The summed E-state index contributed by atoms with van der Waals surface area (Å²) < 4.78 is 0. The molecule has 7 heteroatoms. The molecule has 3 amide bonds. The average molecular weight is 401 g/mol. The van der Waals surface area contributed by atoms with Crippen molar-refractivity contribution in [2.45, 2.75) is 95.2 Å². The largest absolute Gasteiger partial charge is 0.342 e. The first-order valence-electron chi connectivity index (χ1n) is 10.6. The molecule has 2 unspecified atom stereocenters. The van der Waals surface area contributed by atoms with Gasteiger partial charge in [-0.2, -0.15) is 0 Å². The van der Waals surface area contributed by atoms with E-state index >= 15 is 0 Å². The van der Waals surface area contributed by atoms with Crippen LogP contribution >= 0.6 is 12.4 Å². The molecule has 2 aliphatic carbocycles. The number of piperidine rings is 1. The van der Waals surface area contributed by atoms with E-state index < -0.39 is 0 Å². The third kappa shape index (κ3) is 5.98. The van der Waals surface area contributed by atoms with Crippen molar-refractivity contribution >= 4 is 24.3 Å². The van der Waals surface area contributed by atoms with E-state index in [4.69, 9.17) is 5.73 Å². The number of amides is 3. The highest BCUT2D eigenvalue weighted by Gasteiger charge is 2.40. The topological polar surface area (TPSA) is 87.5 Å². The fraction of sp³-hybridized carbons (Fsp3) is 0.900. The molecule has 0 spiro atoms. The van der Waals surface area contributed by atoms with Crippen molar-refractivity contribution in [1.29, 1.82) is 0 Å². The van der Waals surface area contributed by atoms with Crippen molar-refractivity contribution in [2.75, 3.05) is 13.1 Å². The van der Waals surface area contributed by atoms with Gasteiger partial charge in [0.15, 0.2) is 0 Å². The number of carbonyl (C=O) groups excluding carboxylic acids is 2. The fourth-order valence-corrected chi connectivity index (χ4v) is 4.89. The second-order valence-corrected chi connectivity index (χ2v) is 8.86. The summed E-state index contributed by atoms with van der Waals surface area (Å²) in [7, 11) is 0. The van der Waals surface area contributed by atoms with Crippen LogP contribution in [-0.4, -0.2) is 47.6 Å². The van der Waals surface area contributed by atoms with E-state index in [0.29, 0.717) is 6.04 Å². The third-order valence-electron chi connectivity index (χ3n) is 6.63. The Morgan fingerprint density at radius 3 is 2.04 bits per heavy atom. The first-order valence-corrected chi connectivity index (χ1v) is 10.6. The highest BCUT2D eigenvalue weighted by Crippen LogP contribution is 2.33. The zero-order valence-corrected chi connectivity index (χ0v) is 17.5. The molecule has 156 valence electrons. The van der Waals surface area contributed by atoms with Gasteiger partial charge in [-0.1, -0.05) is 32.1 Å². The lowest BCUT2D eigenvalue weighted by molar-refractivity contribution is -0.140. The number of hydrogen-bond donors (Lipinski definition) is 3. The van der Waals surface area contributed by atoms with E-state index in [1.807, 2.05) is 11.8 Å². The van der Waals surface area contributed by atoms with Crippen molar-refractivity contribution in [2.24, 2.45) is 11.7 Å². The molecular weight excluding hydrogens is 364 g/mol. The molecule has 0 bridgehead atoms. The molecule has 1 heterocycles. The Hall–Kier alpha value is -1.01. The quantitative estimate of drug-likeness (QED) is 0.680. The summed E-state index contributed by atoms with van der Waals surface area (Å²) in [6.45, 7) is 3.47. The molecule has 1 saturated heterocycles. The van der Waals surface area contributed by atoms with Gasteiger partial charge in [-0.3, -0.25) is 4.79 Å². The standard InChI is InChI=1S/C20H36N4O2.ClH/c1-20(21)12-6-5-9-17(20)18(25)24-13-10-16(11-14-24)23-19(26)22-15-7-3-2-4-8-15;/h15-17H,2-14,21H2,1H3,(H2,22,23,26);1H. The zero-order chi connectivity index (χ0) is 18.6. The smallest absolute Gasteiger partial charge is 0.315 e. The Bertz CT molecular complexity index is 500. The minimum atomic E-state index is -0.371. The number of nitrogens with zero attached hydrogens (tertiary/aromatic N) is 1. The van der Waals surface area contributed by atoms with Gasteiger partial charge in [0, 0.05) is 30.7 Å². The van der Waals surface area contributed by atoms with Crippen LogP contribution in [0.1, 0.15) is 77.6 Å². The molecule has 3 fully saturated rings. The summed E-state index contributed by atoms with van der Waals surface area (Å²) >= 11 is 0. The van der Waals surface area contributed by atoms with Crippen molar-refractivity contribution in [1.82, 2.24) is 15.5 Å². The van der Waals surface area contributed by atoms with Crippen molar-refractivity contribution in [3.05, 3.63) is 0 Å². The summed E-state index contributed by atoms with van der Waals surface area (Å²) in [6.07, 6.45) is 11.6. The van der Waals surface area contributed by atoms with Gasteiger partial charge in [-0.15, -0.1) is 12.4 Å². The number of nitrogens with two attached hydrogens (primary N) is 1. The normalized spacial score (nSPS) is 30.3. The van der Waals surface area contributed by atoms with E-state index in [1.54, 1.807) is 0 Å². The molecule has 2 atom stereocenters. The highest BCUT2D eigenvalue weighted by molar-refractivity contribution is 5.85. The van der Waals surface area contributed by atoms with Gasteiger partial charge in [0.05, 0.1) is 5.92 Å². The van der Waals surface area contributed by atoms with E-state index in [0.717, 1.165) is 64.5 Å². The van der Waals surface area contributed by atoms with Crippen LogP contribution in [0.2, 0.25) is 0 Å². The van der Waals surface area contributed by atoms with Crippen LogP contribution in [0.15, 0.2) is 0 Å². The van der Waals surface area contributed by atoms with Crippen LogP contribution in [0, 0.1) is 5.92 Å². The van der Waals surface area contributed by atoms with Crippen LogP contribution in [0.5, 0.6) is 0 Å². The minimum Gasteiger partial charge on any atom is -0.342 e. The van der Waals surface area contributed by atoms with Crippen LogP contribution in [-0.2, 0) is 4.79 Å². The molecule has 3 rings (SSSR count). The van der Waals surface area contributed by atoms with Crippen molar-refractivity contribution < 1.29 is 9.59 Å². The molecule has 0 aromatic rings. The maximum absolute atomic E-state index is 12.9. The Kier molecular flexibility index (Phi) is 8.22. The Morgan fingerprint density at radius 1 is 0.889 bits per heavy atom. The molecule has 0 aromatic carbocycles. The number of carbonyl (C=O) groups is 2. The maximum Gasteiger partial charge on any atom is 0.315 e. The second kappa shape index (κ2) is 9.97. The Balaban J connectivity index is 0.00000261. The summed E-state index contributed by atoms with van der Waals surface area (Å²) in [5.74, 6) is 0.176. The van der Waals surface area contributed by atoms with E-state index in [2.05, 4.69) is 10.6 Å². The molecule has 1 aliphatic heterocycles. The van der Waals surface area contributed by atoms with Crippen molar-refractivity contribution in [3.63, 3.8) is 0 Å². The number of likely N-dealkylation sites (tertiary alicyclic amines) is 1. The fourth-order valence-electron chi connectivity index (χ4n) is 4.89. The minimum absolute atomic E-state index is 0. The molecule has 0 aromatic heterocycles. The maximum atomic E-state index is 12.9. The molecule has 0 radical (unpaired) electrons. The van der Waals surface area contributed by atoms with Gasteiger partial charge in [-0.05, 0) is 45.4 Å². The van der Waals surface area contributed by atoms with Crippen LogP contribution in [0.25, 0.3) is 0 Å². The van der Waals surface area contributed by atoms with E-state index in [1.165, 1.54) is 19.3 Å². The zero-order valence-electron chi connectivity index (χ0n) is 16.7. The summed E-state index contributed by atoms with van der Waals surface area (Å²) in [5, 5.41) is 6.22. The average Bonchev–Trinajstić information content (AvgIpc) is 2.62. The first kappa shape index (κ1) is 22.3. The van der Waals surface area contributed by atoms with E-state index in [-0.39, 0.29) is 41.8 Å². The molecule has 27 heavy (non-hydrogen) atoms. The molecule has 6 nitrogen and oxygen atoms in total. The van der Waals surface area contributed by atoms with Crippen LogP contribution in [0.3, 0.4) is 0 Å². The number of urea groups is 1. The molecule has 2 saturated carbocycles. The molecule has 3 aliphatic rings. The lowest BCUT2D eigenvalue weighted by atomic mass is 9.74. The van der Waals surface area contributed by atoms with Crippen LogP contribution in [0.4, 0.5) is 4.79 Å². The predicted molar refractivity (Wildman–Crippen MR) is 110 cm³/mol. The monoisotopic (exact) mass is 400 g/mol. The summed E-state index contributed by atoms with van der Waals surface area (Å²) in [5.41, 5.74) is 6.03. The van der Waals surface area contributed by atoms with Gasteiger partial charge in [0.2, 0.25) is 5.91 Å². The lowest BCUT2D eigenvalue weighted by Gasteiger charge is -2.42. The first-order chi connectivity index (χ1) is 12.5. The van der Waals surface area contributed by atoms with Gasteiger partial charge >= 0.3 is 6.03 Å². The number of rotatable bonds is 3. The summed E-state index contributed by atoms with van der Waals surface area (Å²) in [6, 6.07) is 0.459. The summed E-state index contributed by atoms with van der Waals surface area (Å²) in [4.78, 5) is 27.1. The van der Waals surface area contributed by atoms with Gasteiger partial charge in [0.25, 0.3) is 0 Å². The highest BCUT2D eigenvalue weighted by atomic mass is 35.5. The number of hydrogen-bond acceptors (Lipinski definition) is 3. The number of halogens is 1. The van der Waals surface area contributed by atoms with Gasteiger partial charge in [-0.25, -0.2) is 4.79 Å². The molecule has 4 N–H and O–H groups in total. The SMILES string of the molecule is CC1(N)CCCCC1C(=O)N1CCC(NC(=O)NC2CCCCC2)CC1.Cl. The predicted octanol–water partition coefficient (Wildman–Crippen LogP) is 2.94. The van der Waals surface area contributed by atoms with Gasteiger partial charge < -0.3 is 21.3 Å². The van der Waals surface area contributed by atoms with Crippen LogP contribution < -0.4 is 16.4 Å². The van der Waals surface area contributed by atoms with E-state index in [9.17, 15) is 9.59 Å². The van der Waals surface area contributed by atoms with Gasteiger partial charge in [0.1, 0.15) is 0 Å². The third-order valence-corrected chi connectivity index (χ3v) is 6.63.